The summed E-state index contributed by atoms with van der Waals surface area (Å²) in [6.07, 6.45) is 3.26. The van der Waals surface area contributed by atoms with Gasteiger partial charge in [0.15, 0.2) is 5.69 Å². The first-order valence-electron chi connectivity index (χ1n) is 14.2. The molecule has 0 radical (unpaired) electrons. The van der Waals surface area contributed by atoms with E-state index in [-0.39, 0.29) is 29.4 Å². The Kier molecular flexibility index (Phi) is 7.69. The molecule has 43 heavy (non-hydrogen) atoms. The first-order valence-corrected chi connectivity index (χ1v) is 14.2. The molecule has 4 aromatic rings. The van der Waals surface area contributed by atoms with Crippen molar-refractivity contribution < 1.29 is 23.8 Å². The van der Waals surface area contributed by atoms with Crippen LogP contribution >= 0.6 is 0 Å². The zero-order valence-corrected chi connectivity index (χ0v) is 24.1. The average molecular weight is 582 g/mol. The van der Waals surface area contributed by atoms with Crippen LogP contribution in [0.5, 0.6) is 5.88 Å². The quantitative estimate of drug-likeness (QED) is 0.238. The lowest BCUT2D eigenvalue weighted by atomic mass is 9.79. The summed E-state index contributed by atoms with van der Waals surface area (Å²) in [7, 11) is 0. The van der Waals surface area contributed by atoms with E-state index in [1.807, 2.05) is 12.1 Å². The number of imidazole rings is 1. The maximum absolute atomic E-state index is 14.3. The number of pyridine rings is 1. The van der Waals surface area contributed by atoms with E-state index in [0.29, 0.717) is 31.1 Å². The van der Waals surface area contributed by atoms with Crippen molar-refractivity contribution in [3.05, 3.63) is 101 Å². The molecule has 0 unspecified atom stereocenters. The van der Waals surface area contributed by atoms with Crippen molar-refractivity contribution in [3.63, 3.8) is 0 Å². The Bertz CT molecular complexity index is 1770. The van der Waals surface area contributed by atoms with Gasteiger partial charge in [0, 0.05) is 36.7 Å². The van der Waals surface area contributed by atoms with Crippen LogP contribution in [-0.4, -0.2) is 56.3 Å². The van der Waals surface area contributed by atoms with Gasteiger partial charge < -0.3 is 19.1 Å². The number of ether oxygens (including phenoxy) is 2. The van der Waals surface area contributed by atoms with E-state index in [0.717, 1.165) is 47.7 Å². The number of hydrogen-bond donors (Lipinski definition) is 1. The molecule has 0 spiro atoms. The maximum atomic E-state index is 14.3. The van der Waals surface area contributed by atoms with Gasteiger partial charge in [0.05, 0.1) is 48.1 Å². The predicted octanol–water partition coefficient (Wildman–Crippen LogP) is 6.11. The van der Waals surface area contributed by atoms with E-state index < -0.39 is 11.8 Å². The molecular formula is C33H32FN5O4. The average Bonchev–Trinajstić information content (AvgIpc) is 3.29. The topological polar surface area (TPSA) is 94.1 Å². The van der Waals surface area contributed by atoms with Crippen LogP contribution in [0.25, 0.3) is 21.5 Å². The molecule has 6 rings (SSSR count). The highest BCUT2D eigenvalue weighted by molar-refractivity contribution is 5.92. The van der Waals surface area contributed by atoms with Crippen LogP contribution < -0.4 is 4.74 Å². The van der Waals surface area contributed by atoms with Crippen LogP contribution in [0.4, 0.5) is 10.1 Å². The molecule has 2 aromatic carbocycles. The number of carbonyl (C=O) groups is 1. The molecule has 220 valence electrons. The van der Waals surface area contributed by atoms with Crippen LogP contribution in [0, 0.1) is 17.8 Å². The summed E-state index contributed by atoms with van der Waals surface area (Å²) >= 11 is 0. The van der Waals surface area contributed by atoms with Crippen LogP contribution in [0.2, 0.25) is 0 Å². The van der Waals surface area contributed by atoms with Crippen molar-refractivity contribution in [1.29, 1.82) is 0 Å². The number of aromatic nitrogens is 3. The smallest absolute Gasteiger partial charge is 0.335 e. The second-order valence-corrected chi connectivity index (χ2v) is 11.6. The summed E-state index contributed by atoms with van der Waals surface area (Å²) in [6.45, 7) is 14.8. The van der Waals surface area contributed by atoms with Gasteiger partial charge in [-0.1, -0.05) is 38.1 Å². The van der Waals surface area contributed by atoms with Crippen LogP contribution in [-0.2, 0) is 24.4 Å². The van der Waals surface area contributed by atoms with Gasteiger partial charge in [-0.3, -0.25) is 4.90 Å². The third-order valence-electron chi connectivity index (χ3n) is 8.06. The number of hydrogen-bond acceptors (Lipinski definition) is 6. The number of halogens is 1. The number of rotatable bonds is 9. The highest BCUT2D eigenvalue weighted by Crippen LogP contribution is 2.38. The standard InChI is InChI=1S/C33H32FN5O4/c1-33(2)20-38(18-30-36-28-10-8-21(32(40)41)15-29(28)39(30)17-24-12-14-42-24)13-11-25(33)27-5-4-6-31(37-27)43-19-22-7-9-23(35-3)16-26(22)34/h4-11,15-16,24H,12-14,17-20H2,1-2H3,(H,40,41)/t24-/m0/s1. The Morgan fingerprint density at radius 1 is 1.21 bits per heavy atom. The van der Waals surface area contributed by atoms with E-state index in [1.165, 1.54) is 6.07 Å². The van der Waals surface area contributed by atoms with E-state index in [4.69, 9.17) is 26.0 Å². The molecule has 1 atom stereocenters. The summed E-state index contributed by atoms with van der Waals surface area (Å²) in [5.41, 5.74) is 4.10. The van der Waals surface area contributed by atoms with Gasteiger partial charge in [-0.25, -0.2) is 24.0 Å². The SMILES string of the molecule is [C-]#[N+]c1ccc(COc2cccc(C3=CCN(Cc4nc5ccc(C(=O)O)cc5n4C[C@@H]4CCO4)CC3(C)C)n2)c(F)c1. The van der Waals surface area contributed by atoms with Crippen molar-refractivity contribution in [2.24, 2.45) is 5.41 Å². The number of carboxylic acid groups (broad SMARTS) is 1. The number of fused-ring (bicyclic) bond motifs is 1. The normalized spacial score (nSPS) is 18.1. The Hall–Kier alpha value is -4.59. The lowest BCUT2D eigenvalue weighted by Gasteiger charge is -2.38. The first-order chi connectivity index (χ1) is 20.7. The van der Waals surface area contributed by atoms with Crippen molar-refractivity contribution in [3.8, 4) is 5.88 Å². The number of carboxylic acids is 1. The summed E-state index contributed by atoms with van der Waals surface area (Å²) in [5.74, 6) is -0.155. The fourth-order valence-corrected chi connectivity index (χ4v) is 5.76. The minimum Gasteiger partial charge on any atom is -0.478 e. The lowest BCUT2D eigenvalue weighted by Crippen LogP contribution is -2.40. The molecule has 1 fully saturated rings. The molecule has 1 saturated heterocycles. The third-order valence-corrected chi connectivity index (χ3v) is 8.06. The van der Waals surface area contributed by atoms with Crippen LogP contribution in [0.3, 0.4) is 0 Å². The predicted molar refractivity (Wildman–Crippen MR) is 159 cm³/mol. The molecule has 10 heteroatoms. The summed E-state index contributed by atoms with van der Waals surface area (Å²) < 4.78 is 28.0. The molecule has 0 aliphatic carbocycles. The van der Waals surface area contributed by atoms with Crippen LogP contribution in [0.1, 0.15) is 47.7 Å². The van der Waals surface area contributed by atoms with Gasteiger partial charge in [0.2, 0.25) is 5.88 Å². The summed E-state index contributed by atoms with van der Waals surface area (Å²) in [6, 6.07) is 15.0. The maximum Gasteiger partial charge on any atom is 0.335 e. The van der Waals surface area contributed by atoms with Crippen molar-refractivity contribution in [1.82, 2.24) is 19.4 Å². The molecule has 0 saturated carbocycles. The molecule has 1 N–H and O–H groups in total. The third kappa shape index (κ3) is 6.00. The monoisotopic (exact) mass is 581 g/mol. The molecule has 4 heterocycles. The molecule has 0 amide bonds. The Labute approximate surface area is 249 Å². The fourth-order valence-electron chi connectivity index (χ4n) is 5.76. The van der Waals surface area contributed by atoms with Crippen LogP contribution in [0.15, 0.2) is 60.7 Å². The summed E-state index contributed by atoms with van der Waals surface area (Å²) in [5, 5.41) is 9.54. The second-order valence-electron chi connectivity index (χ2n) is 11.6. The number of benzene rings is 2. The highest BCUT2D eigenvalue weighted by atomic mass is 19.1. The molecular weight excluding hydrogens is 549 g/mol. The van der Waals surface area contributed by atoms with Gasteiger partial charge in [0.25, 0.3) is 0 Å². The minimum absolute atomic E-state index is 0.0115. The molecule has 0 bridgehead atoms. The molecule has 2 aliphatic rings. The van der Waals surface area contributed by atoms with Gasteiger partial charge in [-0.15, -0.1) is 0 Å². The molecule has 2 aromatic heterocycles. The van der Waals surface area contributed by atoms with E-state index in [1.54, 1.807) is 36.4 Å². The van der Waals surface area contributed by atoms with E-state index in [2.05, 4.69) is 34.2 Å². The van der Waals surface area contributed by atoms with E-state index >= 15 is 0 Å². The molecule has 9 nitrogen and oxygen atoms in total. The molecule has 2 aliphatic heterocycles. The zero-order chi connectivity index (χ0) is 30.1. The highest BCUT2D eigenvalue weighted by Gasteiger charge is 2.33. The van der Waals surface area contributed by atoms with Gasteiger partial charge >= 0.3 is 5.97 Å². The second kappa shape index (κ2) is 11.6. The van der Waals surface area contributed by atoms with Crippen molar-refractivity contribution in [2.45, 2.75) is 46.1 Å². The lowest BCUT2D eigenvalue weighted by molar-refractivity contribution is -0.0592. The first kappa shape index (κ1) is 28.5. The Morgan fingerprint density at radius 3 is 2.74 bits per heavy atom. The largest absolute Gasteiger partial charge is 0.478 e. The van der Waals surface area contributed by atoms with E-state index in [9.17, 15) is 14.3 Å². The van der Waals surface area contributed by atoms with Crippen molar-refractivity contribution in [2.75, 3.05) is 19.7 Å². The Balaban J connectivity index is 1.20. The van der Waals surface area contributed by atoms with Crippen molar-refractivity contribution >= 4 is 28.3 Å². The fraction of sp³-hybridized carbons (Fsp3) is 0.333. The number of aromatic carboxylic acids is 1. The zero-order valence-electron chi connectivity index (χ0n) is 24.1. The van der Waals surface area contributed by atoms with Gasteiger partial charge in [-0.05, 0) is 42.3 Å². The Morgan fingerprint density at radius 2 is 2.05 bits per heavy atom. The number of nitrogens with zero attached hydrogens (tertiary/aromatic N) is 5. The minimum atomic E-state index is -0.961. The van der Waals surface area contributed by atoms with Gasteiger partial charge in [0.1, 0.15) is 18.2 Å². The van der Waals surface area contributed by atoms with Gasteiger partial charge in [-0.2, -0.15) is 0 Å². The summed E-state index contributed by atoms with van der Waals surface area (Å²) in [4.78, 5) is 26.9.